The minimum absolute atomic E-state index is 0.0259. The molecule has 0 amide bonds. The number of unbranched alkanes of at least 4 members (excludes halogenated alkanes) is 30. The fourth-order valence-electron chi connectivity index (χ4n) is 9.20. The van der Waals surface area contributed by atoms with Gasteiger partial charge in [0.1, 0.15) is 18.8 Å². The van der Waals surface area contributed by atoms with Crippen LogP contribution in [-0.2, 0) is 42.9 Å². The van der Waals surface area contributed by atoms with Gasteiger partial charge in [0.15, 0.2) is 24.6 Å². The fraction of sp³-hybridized carbons (Fsp3) is 0.810. The molecule has 0 aliphatic carbocycles. The monoisotopic (exact) mass is 1060 g/mol. The molecule has 0 radical (unpaired) electrons. The van der Waals surface area contributed by atoms with Crippen molar-refractivity contribution in [3.8, 4) is 0 Å². The number of carboxylic acids is 1. The number of carboxylic acid groups (broad SMARTS) is 1. The molecule has 6 unspecified atom stereocenters. The third-order valence-corrected chi connectivity index (χ3v) is 13.9. The molecule has 0 spiro atoms. The maximum absolute atomic E-state index is 13.2. The molecule has 1 saturated heterocycles. The molecular weight excluding hydrogens is 949 g/mol. The Morgan fingerprint density at radius 1 is 0.453 bits per heavy atom. The van der Waals surface area contributed by atoms with Gasteiger partial charge in [-0.1, -0.05) is 230 Å². The number of ether oxygens (including phenoxy) is 5. The van der Waals surface area contributed by atoms with Crippen LogP contribution in [0.5, 0.6) is 0 Å². The van der Waals surface area contributed by atoms with E-state index in [1.165, 1.54) is 122 Å². The summed E-state index contributed by atoms with van der Waals surface area (Å²) in [7, 11) is 0. The van der Waals surface area contributed by atoms with Crippen LogP contribution in [0.1, 0.15) is 278 Å². The lowest BCUT2D eigenvalue weighted by Crippen LogP contribution is -2.61. The molecule has 1 aliphatic heterocycles. The number of allylic oxidation sites excluding steroid dienone is 8. The van der Waals surface area contributed by atoms with Gasteiger partial charge >= 0.3 is 23.9 Å². The quantitative estimate of drug-likeness (QED) is 0.0228. The second-order valence-corrected chi connectivity index (χ2v) is 21.0. The Morgan fingerprint density at radius 2 is 0.840 bits per heavy atom. The zero-order valence-corrected chi connectivity index (χ0v) is 47.8. The second-order valence-electron chi connectivity index (χ2n) is 21.0. The molecular formula is C63H110O12. The third kappa shape index (κ3) is 41.5. The van der Waals surface area contributed by atoms with Crippen molar-refractivity contribution in [1.82, 2.24) is 0 Å². The van der Waals surface area contributed by atoms with Crippen molar-refractivity contribution in [2.45, 2.75) is 314 Å². The highest BCUT2D eigenvalue weighted by atomic mass is 16.7. The van der Waals surface area contributed by atoms with Crippen molar-refractivity contribution in [3.05, 3.63) is 48.6 Å². The number of hydrogen-bond donors (Lipinski definition) is 3. The molecule has 0 saturated carbocycles. The van der Waals surface area contributed by atoms with Crippen molar-refractivity contribution >= 4 is 23.9 Å². The normalized spacial score (nSPS) is 18.4. The molecule has 12 heteroatoms. The highest BCUT2D eigenvalue weighted by molar-refractivity contribution is 5.74. The van der Waals surface area contributed by atoms with Gasteiger partial charge in [0, 0.05) is 19.3 Å². The Kier molecular flexibility index (Phi) is 47.8. The summed E-state index contributed by atoms with van der Waals surface area (Å²) in [5.41, 5.74) is 0. The summed E-state index contributed by atoms with van der Waals surface area (Å²) in [5, 5.41) is 31.5. The third-order valence-electron chi connectivity index (χ3n) is 13.9. The van der Waals surface area contributed by atoms with Crippen LogP contribution in [-0.4, -0.2) is 89.2 Å². The van der Waals surface area contributed by atoms with E-state index in [1.807, 2.05) is 0 Å². The van der Waals surface area contributed by atoms with Crippen LogP contribution < -0.4 is 0 Å². The van der Waals surface area contributed by atoms with E-state index in [0.717, 1.165) is 96.3 Å². The smallest absolute Gasteiger partial charge is 0.335 e. The number of carbonyl (C=O) groups excluding carboxylic acids is 3. The van der Waals surface area contributed by atoms with E-state index in [-0.39, 0.29) is 25.9 Å². The van der Waals surface area contributed by atoms with Crippen LogP contribution >= 0.6 is 0 Å². The first-order chi connectivity index (χ1) is 36.6. The Morgan fingerprint density at radius 3 is 1.31 bits per heavy atom. The van der Waals surface area contributed by atoms with E-state index in [4.69, 9.17) is 23.7 Å². The van der Waals surface area contributed by atoms with Crippen LogP contribution in [0, 0.1) is 0 Å². The maximum atomic E-state index is 13.2. The number of aliphatic carboxylic acids is 1. The summed E-state index contributed by atoms with van der Waals surface area (Å²) in [6, 6.07) is 0. The van der Waals surface area contributed by atoms with Gasteiger partial charge in [-0.05, 0) is 77.0 Å². The SMILES string of the molecule is CC/C=C\C/C=C\C/C=C\CCCCCC(=O)OC1C(OCC(COC(=O)CCCCCCCCCCCCCCCCCCC)OC(=O)CCCCCCC/C=C\CCCCCCCC)OC(C(=O)O)C(O)C1O. The predicted octanol–water partition coefficient (Wildman–Crippen LogP) is 15.8. The van der Waals surface area contributed by atoms with Crippen molar-refractivity contribution in [3.63, 3.8) is 0 Å². The number of esters is 3. The van der Waals surface area contributed by atoms with Gasteiger partial charge in [0.05, 0.1) is 6.61 Å². The van der Waals surface area contributed by atoms with Crippen LogP contribution in [0.2, 0.25) is 0 Å². The van der Waals surface area contributed by atoms with Gasteiger partial charge in [-0.15, -0.1) is 0 Å². The standard InChI is InChI=1S/C63H110O12/c1-4-7-10-13-16-19-22-25-27-28-30-32-34-37-40-43-46-49-55(64)71-52-54(73-56(65)50-47-44-41-38-36-33-29-26-23-20-17-14-11-8-5-2)53-72-63-61(59(68)58(67)60(75-63)62(69)70)74-57(66)51-48-45-42-39-35-31-24-21-18-15-12-9-6-3/h9,12,18,21,26,29,31,35,54,58-61,63,67-68H,4-8,10-11,13-17,19-20,22-25,27-28,30,32-34,36-53H2,1-3H3,(H,69,70)/b12-9-,21-18-,29-26-,35-31-. The molecule has 0 aromatic rings. The van der Waals surface area contributed by atoms with Crippen molar-refractivity contribution < 1.29 is 58.2 Å². The zero-order chi connectivity index (χ0) is 54.7. The highest BCUT2D eigenvalue weighted by Crippen LogP contribution is 2.26. The maximum Gasteiger partial charge on any atom is 0.335 e. The van der Waals surface area contributed by atoms with Gasteiger partial charge in [-0.2, -0.15) is 0 Å². The Labute approximate surface area is 456 Å². The van der Waals surface area contributed by atoms with Gasteiger partial charge in [0.2, 0.25) is 0 Å². The summed E-state index contributed by atoms with van der Waals surface area (Å²) < 4.78 is 28.4. The average Bonchev–Trinajstić information content (AvgIpc) is 3.39. The van der Waals surface area contributed by atoms with E-state index < -0.39 is 67.3 Å². The van der Waals surface area contributed by atoms with E-state index in [9.17, 15) is 34.5 Å². The summed E-state index contributed by atoms with van der Waals surface area (Å²) >= 11 is 0. The van der Waals surface area contributed by atoms with Crippen LogP contribution in [0.25, 0.3) is 0 Å². The average molecular weight is 1060 g/mol. The second kappa shape index (κ2) is 51.4. The molecule has 0 bridgehead atoms. The minimum atomic E-state index is -1.91. The van der Waals surface area contributed by atoms with Crippen LogP contribution in [0.4, 0.5) is 0 Å². The lowest BCUT2D eigenvalue weighted by molar-refractivity contribution is -0.301. The molecule has 1 heterocycles. The lowest BCUT2D eigenvalue weighted by atomic mass is 9.98. The topological polar surface area (TPSA) is 175 Å². The number of aliphatic hydroxyl groups excluding tert-OH is 2. The Balaban J connectivity index is 2.68. The summed E-state index contributed by atoms with van der Waals surface area (Å²) in [6.45, 7) is 5.88. The molecule has 434 valence electrons. The molecule has 1 aliphatic rings. The Hall–Kier alpha value is -3.32. The van der Waals surface area contributed by atoms with Gasteiger partial charge in [0.25, 0.3) is 0 Å². The largest absolute Gasteiger partial charge is 0.479 e. The van der Waals surface area contributed by atoms with Gasteiger partial charge in [-0.3, -0.25) is 14.4 Å². The molecule has 0 aromatic carbocycles. The summed E-state index contributed by atoms with van der Waals surface area (Å²) in [6.07, 6.45) is 49.4. The van der Waals surface area contributed by atoms with Crippen molar-refractivity contribution in [1.29, 1.82) is 0 Å². The summed E-state index contributed by atoms with van der Waals surface area (Å²) in [4.78, 5) is 51.1. The molecule has 12 nitrogen and oxygen atoms in total. The predicted molar refractivity (Wildman–Crippen MR) is 303 cm³/mol. The first-order valence-electron chi connectivity index (χ1n) is 30.6. The first-order valence-corrected chi connectivity index (χ1v) is 30.6. The molecule has 1 rings (SSSR count). The van der Waals surface area contributed by atoms with Crippen molar-refractivity contribution in [2.75, 3.05) is 13.2 Å². The van der Waals surface area contributed by atoms with Crippen LogP contribution in [0.3, 0.4) is 0 Å². The van der Waals surface area contributed by atoms with E-state index in [2.05, 4.69) is 69.4 Å². The van der Waals surface area contributed by atoms with Gasteiger partial charge < -0.3 is 39.0 Å². The fourth-order valence-corrected chi connectivity index (χ4v) is 9.20. The Bertz CT molecular complexity index is 1490. The number of hydrogen-bond acceptors (Lipinski definition) is 11. The molecule has 6 atom stereocenters. The summed E-state index contributed by atoms with van der Waals surface area (Å²) in [5.74, 6) is -3.15. The van der Waals surface area contributed by atoms with E-state index in [1.54, 1.807) is 0 Å². The number of rotatable bonds is 52. The number of aliphatic hydroxyl groups is 2. The lowest BCUT2D eigenvalue weighted by Gasteiger charge is -2.40. The van der Waals surface area contributed by atoms with Gasteiger partial charge in [-0.25, -0.2) is 4.79 Å². The molecule has 1 fully saturated rings. The van der Waals surface area contributed by atoms with E-state index in [0.29, 0.717) is 19.3 Å². The molecule has 75 heavy (non-hydrogen) atoms. The molecule has 0 aromatic heterocycles. The first kappa shape index (κ1) is 69.7. The number of carbonyl (C=O) groups is 4. The van der Waals surface area contributed by atoms with E-state index >= 15 is 0 Å². The highest BCUT2D eigenvalue weighted by Gasteiger charge is 2.50. The minimum Gasteiger partial charge on any atom is -0.479 e. The molecule has 3 N–H and O–H groups in total. The van der Waals surface area contributed by atoms with Crippen molar-refractivity contribution in [2.24, 2.45) is 0 Å². The zero-order valence-electron chi connectivity index (χ0n) is 47.8. The van der Waals surface area contributed by atoms with Crippen LogP contribution in [0.15, 0.2) is 48.6 Å².